The number of ether oxygens (including phenoxy) is 2. The Morgan fingerprint density at radius 3 is 2.77 bits per heavy atom. The Morgan fingerprint density at radius 2 is 1.96 bits per heavy atom. The first-order chi connectivity index (χ1) is 12.6. The number of nitrogens with zero attached hydrogens (tertiary/aromatic N) is 1. The molecule has 1 aromatic heterocycles. The van der Waals surface area contributed by atoms with Crippen molar-refractivity contribution in [3.8, 4) is 11.5 Å². The van der Waals surface area contributed by atoms with E-state index in [-0.39, 0.29) is 6.10 Å². The van der Waals surface area contributed by atoms with E-state index in [1.165, 1.54) is 22.4 Å². The molecule has 0 fully saturated rings. The van der Waals surface area contributed by atoms with Crippen molar-refractivity contribution in [2.75, 3.05) is 19.0 Å². The van der Waals surface area contributed by atoms with Crippen LogP contribution in [0.4, 0.5) is 5.69 Å². The largest absolute Gasteiger partial charge is 0.485 e. The molecule has 3 aromatic rings. The smallest absolute Gasteiger partial charge is 0.184 e. The van der Waals surface area contributed by atoms with Crippen molar-refractivity contribution in [2.24, 2.45) is 0 Å². The summed E-state index contributed by atoms with van der Waals surface area (Å²) in [7, 11) is 1.96. The first-order valence-electron chi connectivity index (χ1n) is 8.74. The molecule has 1 N–H and O–H groups in total. The van der Waals surface area contributed by atoms with Crippen molar-refractivity contribution in [1.82, 2.24) is 4.98 Å². The Labute approximate surface area is 157 Å². The van der Waals surface area contributed by atoms with Gasteiger partial charge in [-0.05, 0) is 48.7 Å². The topological polar surface area (TPSA) is 43.4 Å². The van der Waals surface area contributed by atoms with Crippen LogP contribution in [0.15, 0.2) is 41.8 Å². The van der Waals surface area contributed by atoms with E-state index in [1.54, 1.807) is 11.3 Å². The second-order valence-corrected chi connectivity index (χ2v) is 7.45. The number of benzene rings is 2. The molecule has 26 heavy (non-hydrogen) atoms. The van der Waals surface area contributed by atoms with Crippen LogP contribution in [0.1, 0.15) is 33.5 Å². The molecule has 4 nitrogen and oxygen atoms in total. The fourth-order valence-corrected chi connectivity index (χ4v) is 4.05. The number of rotatable bonds is 4. The number of aromatic nitrogens is 1. The van der Waals surface area contributed by atoms with E-state index in [2.05, 4.69) is 36.7 Å². The molecule has 1 atom stereocenters. The third-order valence-corrected chi connectivity index (χ3v) is 5.66. The number of hydrogen-bond acceptors (Lipinski definition) is 5. The Hall–Kier alpha value is -2.53. The van der Waals surface area contributed by atoms with E-state index in [1.807, 2.05) is 31.3 Å². The molecule has 1 unspecified atom stereocenters. The van der Waals surface area contributed by atoms with Crippen LogP contribution in [0.5, 0.6) is 11.5 Å². The molecule has 5 heteroatoms. The molecule has 134 valence electrons. The molecule has 0 saturated heterocycles. The summed E-state index contributed by atoms with van der Waals surface area (Å²) >= 11 is 1.64. The zero-order chi connectivity index (χ0) is 18.1. The fourth-order valence-electron chi connectivity index (χ4n) is 3.22. The normalized spacial score (nSPS) is 15.7. The van der Waals surface area contributed by atoms with Crippen LogP contribution in [-0.4, -0.2) is 18.6 Å². The number of fused-ring (bicyclic) bond motifs is 1. The zero-order valence-electron chi connectivity index (χ0n) is 15.2. The van der Waals surface area contributed by atoms with Crippen molar-refractivity contribution in [1.29, 1.82) is 0 Å². The van der Waals surface area contributed by atoms with Gasteiger partial charge >= 0.3 is 0 Å². The third-order valence-electron chi connectivity index (χ3n) is 4.68. The van der Waals surface area contributed by atoms with E-state index < -0.39 is 0 Å². The highest BCUT2D eigenvalue weighted by Gasteiger charge is 2.25. The minimum Gasteiger partial charge on any atom is -0.485 e. The van der Waals surface area contributed by atoms with Crippen LogP contribution in [0.3, 0.4) is 0 Å². The average molecular weight is 366 g/mol. The molecule has 1 aliphatic heterocycles. The van der Waals surface area contributed by atoms with Gasteiger partial charge in [0.25, 0.3) is 0 Å². The fraction of sp³-hybridized carbons (Fsp3) is 0.286. The molecule has 0 bridgehead atoms. The van der Waals surface area contributed by atoms with Crippen LogP contribution < -0.4 is 14.8 Å². The van der Waals surface area contributed by atoms with Crippen molar-refractivity contribution >= 4 is 17.0 Å². The summed E-state index contributed by atoms with van der Waals surface area (Å²) in [5.41, 5.74) is 6.10. The number of hydrogen-bond donors (Lipinski definition) is 1. The molecule has 2 heterocycles. The predicted molar refractivity (Wildman–Crippen MR) is 106 cm³/mol. The average Bonchev–Trinajstić information content (AvgIpc) is 3.12. The summed E-state index contributed by atoms with van der Waals surface area (Å²) in [4.78, 5) is 4.81. The summed E-state index contributed by atoms with van der Waals surface area (Å²) in [6, 6.07) is 12.2. The van der Waals surface area contributed by atoms with E-state index in [9.17, 15) is 0 Å². The minimum atomic E-state index is -0.141. The van der Waals surface area contributed by atoms with Gasteiger partial charge in [0, 0.05) is 24.5 Å². The number of aryl methyl sites for hydroxylation is 2. The quantitative estimate of drug-likeness (QED) is 0.713. The predicted octanol–water partition coefficient (Wildman–Crippen LogP) is 4.90. The molecule has 1 aliphatic rings. The monoisotopic (exact) mass is 366 g/mol. The van der Waals surface area contributed by atoms with Gasteiger partial charge in [-0.3, -0.25) is 0 Å². The first kappa shape index (κ1) is 16.9. The molecule has 2 aromatic carbocycles. The highest BCUT2D eigenvalue weighted by molar-refractivity contribution is 7.09. The Bertz CT molecular complexity index is 936. The molecular weight excluding hydrogens is 344 g/mol. The zero-order valence-corrected chi connectivity index (χ0v) is 16.0. The van der Waals surface area contributed by atoms with Gasteiger partial charge in [0.1, 0.15) is 11.6 Å². The summed E-state index contributed by atoms with van der Waals surface area (Å²) < 4.78 is 11.9. The van der Waals surface area contributed by atoms with Gasteiger partial charge < -0.3 is 14.8 Å². The van der Waals surface area contributed by atoms with Gasteiger partial charge in [0.05, 0.1) is 5.69 Å². The molecule has 0 saturated carbocycles. The van der Waals surface area contributed by atoms with Crippen molar-refractivity contribution in [3.05, 3.63) is 69.2 Å². The van der Waals surface area contributed by atoms with Crippen molar-refractivity contribution < 1.29 is 9.47 Å². The standard InChI is InChI=1S/C21H22N2O2S/c1-13-9-17(22-3)14(2)8-15(13)10-16-12-26-21(23-16)20-11-24-18-6-4-5-7-19(18)25-20/h4-9,12,20,22H,10-11H2,1-3H3. The van der Waals surface area contributed by atoms with Gasteiger partial charge in [-0.25, -0.2) is 4.98 Å². The Morgan fingerprint density at radius 1 is 1.15 bits per heavy atom. The van der Waals surface area contributed by atoms with E-state index in [0.717, 1.165) is 28.6 Å². The van der Waals surface area contributed by atoms with Crippen molar-refractivity contribution in [2.45, 2.75) is 26.4 Å². The van der Waals surface area contributed by atoms with Gasteiger partial charge in [-0.2, -0.15) is 0 Å². The van der Waals surface area contributed by atoms with Crippen LogP contribution in [0.2, 0.25) is 0 Å². The van der Waals surface area contributed by atoms with Gasteiger partial charge in [-0.15, -0.1) is 11.3 Å². The lowest BCUT2D eigenvalue weighted by Gasteiger charge is -2.24. The molecule has 0 amide bonds. The Kier molecular flexibility index (Phi) is 4.55. The van der Waals surface area contributed by atoms with E-state index >= 15 is 0 Å². The SMILES string of the molecule is CNc1cc(C)c(Cc2csc(C3COc4ccccc4O3)n2)cc1C. The molecule has 0 spiro atoms. The maximum absolute atomic E-state index is 6.07. The van der Waals surface area contributed by atoms with Gasteiger partial charge in [-0.1, -0.05) is 18.2 Å². The second-order valence-electron chi connectivity index (χ2n) is 6.56. The lowest BCUT2D eigenvalue weighted by molar-refractivity contribution is 0.0910. The van der Waals surface area contributed by atoms with E-state index in [0.29, 0.717) is 6.61 Å². The summed E-state index contributed by atoms with van der Waals surface area (Å²) in [6.07, 6.45) is 0.690. The lowest BCUT2D eigenvalue weighted by atomic mass is 10.00. The molecule has 0 radical (unpaired) electrons. The minimum absolute atomic E-state index is 0.141. The number of thiazole rings is 1. The molecular formula is C21H22N2O2S. The van der Waals surface area contributed by atoms with Crippen LogP contribution in [0.25, 0.3) is 0 Å². The number of anilines is 1. The molecule has 0 aliphatic carbocycles. The number of nitrogens with one attached hydrogen (secondary N) is 1. The highest BCUT2D eigenvalue weighted by Crippen LogP contribution is 2.36. The summed E-state index contributed by atoms with van der Waals surface area (Å²) in [5, 5.41) is 6.33. The van der Waals surface area contributed by atoms with Gasteiger partial charge in [0.2, 0.25) is 0 Å². The van der Waals surface area contributed by atoms with Crippen molar-refractivity contribution in [3.63, 3.8) is 0 Å². The second kappa shape index (κ2) is 7.00. The van der Waals surface area contributed by atoms with Crippen LogP contribution in [0, 0.1) is 13.8 Å². The maximum Gasteiger partial charge on any atom is 0.184 e. The first-order valence-corrected chi connectivity index (χ1v) is 9.62. The van der Waals surface area contributed by atoms with Crippen LogP contribution >= 0.6 is 11.3 Å². The summed E-state index contributed by atoms with van der Waals surface area (Å²) in [5.74, 6) is 1.59. The highest BCUT2D eigenvalue weighted by atomic mass is 32.1. The number of para-hydroxylation sites is 2. The Balaban J connectivity index is 1.52. The molecule has 4 rings (SSSR count). The third kappa shape index (κ3) is 3.27. The van der Waals surface area contributed by atoms with Gasteiger partial charge in [0.15, 0.2) is 17.6 Å². The van der Waals surface area contributed by atoms with E-state index in [4.69, 9.17) is 14.5 Å². The lowest BCUT2D eigenvalue weighted by Crippen LogP contribution is -2.21. The summed E-state index contributed by atoms with van der Waals surface area (Å²) in [6.45, 7) is 4.78. The van der Waals surface area contributed by atoms with Crippen LogP contribution in [-0.2, 0) is 6.42 Å². The maximum atomic E-state index is 6.07.